The highest BCUT2D eigenvalue weighted by Gasteiger charge is 2.40. The highest BCUT2D eigenvalue weighted by Crippen LogP contribution is 2.38. The molecule has 0 radical (unpaired) electrons. The second kappa shape index (κ2) is 3.68. The highest BCUT2D eigenvalue weighted by molar-refractivity contribution is 5.91. The van der Waals surface area contributed by atoms with Gasteiger partial charge in [0.2, 0.25) is 11.7 Å². The SMILES string of the molecule is NC1(c2nc(-c3coc4ccccc34)no2)CCC1. The zero-order valence-electron chi connectivity index (χ0n) is 10.3. The number of furan rings is 1. The molecular weight excluding hydrogens is 242 g/mol. The summed E-state index contributed by atoms with van der Waals surface area (Å²) in [4.78, 5) is 4.43. The average Bonchev–Trinajstić information content (AvgIpc) is 3.02. The Hall–Kier alpha value is -2.14. The summed E-state index contributed by atoms with van der Waals surface area (Å²) in [7, 11) is 0. The summed E-state index contributed by atoms with van der Waals surface area (Å²) in [5.41, 5.74) is 7.41. The van der Waals surface area contributed by atoms with Crippen LogP contribution in [0, 0.1) is 0 Å². The molecule has 4 rings (SSSR count). The van der Waals surface area contributed by atoms with Gasteiger partial charge in [-0.3, -0.25) is 0 Å². The maximum Gasteiger partial charge on any atom is 0.247 e. The molecular formula is C14H13N3O2. The van der Waals surface area contributed by atoms with Crippen LogP contribution in [0.5, 0.6) is 0 Å². The van der Waals surface area contributed by atoms with E-state index in [1.165, 1.54) is 0 Å². The Kier molecular flexibility index (Phi) is 2.08. The minimum absolute atomic E-state index is 0.426. The summed E-state index contributed by atoms with van der Waals surface area (Å²) in [5.74, 6) is 1.07. The molecule has 96 valence electrons. The maximum atomic E-state index is 6.18. The normalized spacial score (nSPS) is 17.5. The minimum atomic E-state index is -0.426. The van der Waals surface area contributed by atoms with Crippen LogP contribution in [0.25, 0.3) is 22.4 Å². The van der Waals surface area contributed by atoms with Gasteiger partial charge in [-0.25, -0.2) is 0 Å². The zero-order chi connectivity index (χ0) is 12.9. The Morgan fingerprint density at radius 2 is 2.05 bits per heavy atom. The molecule has 0 atom stereocenters. The fourth-order valence-corrected chi connectivity index (χ4v) is 2.46. The third kappa shape index (κ3) is 1.51. The van der Waals surface area contributed by atoms with Crippen LogP contribution < -0.4 is 5.73 Å². The Labute approximate surface area is 109 Å². The van der Waals surface area contributed by atoms with E-state index < -0.39 is 5.54 Å². The van der Waals surface area contributed by atoms with Gasteiger partial charge >= 0.3 is 0 Å². The number of fused-ring (bicyclic) bond motifs is 1. The van der Waals surface area contributed by atoms with Gasteiger partial charge in [-0.2, -0.15) is 4.98 Å². The lowest BCUT2D eigenvalue weighted by molar-refractivity contribution is 0.181. The highest BCUT2D eigenvalue weighted by atomic mass is 16.5. The lowest BCUT2D eigenvalue weighted by Gasteiger charge is -2.33. The van der Waals surface area contributed by atoms with E-state index in [0.717, 1.165) is 35.8 Å². The summed E-state index contributed by atoms with van der Waals surface area (Å²) >= 11 is 0. The molecule has 1 saturated carbocycles. The molecule has 2 N–H and O–H groups in total. The third-order valence-corrected chi connectivity index (χ3v) is 3.82. The Morgan fingerprint density at radius 3 is 2.84 bits per heavy atom. The van der Waals surface area contributed by atoms with E-state index in [0.29, 0.717) is 11.7 Å². The van der Waals surface area contributed by atoms with Gasteiger partial charge in [-0.15, -0.1) is 0 Å². The molecule has 1 aromatic carbocycles. The van der Waals surface area contributed by atoms with Gasteiger partial charge < -0.3 is 14.7 Å². The van der Waals surface area contributed by atoms with Crippen molar-refractivity contribution in [2.24, 2.45) is 5.73 Å². The third-order valence-electron chi connectivity index (χ3n) is 3.82. The van der Waals surface area contributed by atoms with Crippen molar-refractivity contribution in [3.8, 4) is 11.4 Å². The monoisotopic (exact) mass is 255 g/mol. The number of benzene rings is 1. The number of rotatable bonds is 2. The molecule has 0 spiro atoms. The first-order chi connectivity index (χ1) is 9.26. The number of hydrogen-bond donors (Lipinski definition) is 1. The van der Waals surface area contributed by atoms with Crippen molar-refractivity contribution >= 4 is 11.0 Å². The Morgan fingerprint density at radius 1 is 1.21 bits per heavy atom. The molecule has 1 aliphatic carbocycles. The second-order valence-electron chi connectivity index (χ2n) is 5.08. The molecule has 1 fully saturated rings. The second-order valence-corrected chi connectivity index (χ2v) is 5.08. The predicted molar refractivity (Wildman–Crippen MR) is 69.2 cm³/mol. The van der Waals surface area contributed by atoms with Gasteiger partial charge in [0.25, 0.3) is 0 Å². The van der Waals surface area contributed by atoms with Crippen molar-refractivity contribution in [3.63, 3.8) is 0 Å². The van der Waals surface area contributed by atoms with Gasteiger partial charge in [0.15, 0.2) is 0 Å². The summed E-state index contributed by atoms with van der Waals surface area (Å²) in [6.45, 7) is 0. The number of nitrogens with two attached hydrogens (primary N) is 1. The van der Waals surface area contributed by atoms with Gasteiger partial charge in [0.05, 0.1) is 11.1 Å². The number of para-hydroxylation sites is 1. The largest absolute Gasteiger partial charge is 0.464 e. The first-order valence-electron chi connectivity index (χ1n) is 6.36. The summed E-state index contributed by atoms with van der Waals surface area (Å²) in [6, 6.07) is 7.78. The lowest BCUT2D eigenvalue weighted by Crippen LogP contribution is -2.43. The van der Waals surface area contributed by atoms with Gasteiger partial charge in [-0.1, -0.05) is 23.4 Å². The van der Waals surface area contributed by atoms with Crippen molar-refractivity contribution in [2.75, 3.05) is 0 Å². The fourth-order valence-electron chi connectivity index (χ4n) is 2.46. The van der Waals surface area contributed by atoms with E-state index in [9.17, 15) is 0 Å². The van der Waals surface area contributed by atoms with Crippen LogP contribution in [-0.4, -0.2) is 10.1 Å². The van der Waals surface area contributed by atoms with E-state index in [1.807, 2.05) is 24.3 Å². The van der Waals surface area contributed by atoms with Crippen LogP contribution in [0.2, 0.25) is 0 Å². The Bertz CT molecular complexity index is 740. The van der Waals surface area contributed by atoms with Crippen LogP contribution in [0.3, 0.4) is 0 Å². The molecule has 0 unspecified atom stereocenters. The van der Waals surface area contributed by atoms with Crippen LogP contribution >= 0.6 is 0 Å². The van der Waals surface area contributed by atoms with Crippen molar-refractivity contribution < 1.29 is 8.94 Å². The summed E-state index contributed by atoms with van der Waals surface area (Å²) in [5, 5.41) is 5.01. The van der Waals surface area contributed by atoms with Crippen LogP contribution in [0.4, 0.5) is 0 Å². The fraction of sp³-hybridized carbons (Fsp3) is 0.286. The first-order valence-corrected chi connectivity index (χ1v) is 6.36. The average molecular weight is 255 g/mol. The van der Waals surface area contributed by atoms with Gasteiger partial charge in [-0.05, 0) is 25.3 Å². The van der Waals surface area contributed by atoms with E-state index in [-0.39, 0.29) is 0 Å². The number of nitrogens with zero attached hydrogens (tertiary/aromatic N) is 2. The topological polar surface area (TPSA) is 78.1 Å². The molecule has 0 amide bonds. The smallest absolute Gasteiger partial charge is 0.247 e. The molecule has 3 aromatic rings. The van der Waals surface area contributed by atoms with E-state index >= 15 is 0 Å². The maximum absolute atomic E-state index is 6.18. The molecule has 2 heterocycles. The molecule has 2 aromatic heterocycles. The van der Waals surface area contributed by atoms with Crippen molar-refractivity contribution in [1.82, 2.24) is 10.1 Å². The quantitative estimate of drug-likeness (QED) is 0.761. The minimum Gasteiger partial charge on any atom is -0.464 e. The zero-order valence-corrected chi connectivity index (χ0v) is 10.3. The van der Waals surface area contributed by atoms with E-state index in [1.54, 1.807) is 6.26 Å². The summed E-state index contributed by atoms with van der Waals surface area (Å²) < 4.78 is 10.8. The number of aromatic nitrogens is 2. The van der Waals surface area contributed by atoms with E-state index in [2.05, 4.69) is 10.1 Å². The van der Waals surface area contributed by atoms with Crippen molar-refractivity contribution in [1.29, 1.82) is 0 Å². The molecule has 5 heteroatoms. The summed E-state index contributed by atoms with van der Waals surface area (Å²) in [6.07, 6.45) is 4.58. The molecule has 0 saturated heterocycles. The van der Waals surface area contributed by atoms with Crippen LogP contribution in [-0.2, 0) is 5.54 Å². The molecule has 19 heavy (non-hydrogen) atoms. The first kappa shape index (κ1) is 10.8. The molecule has 0 bridgehead atoms. The predicted octanol–water partition coefficient (Wildman–Crippen LogP) is 2.82. The van der Waals surface area contributed by atoms with Crippen LogP contribution in [0.15, 0.2) is 39.5 Å². The van der Waals surface area contributed by atoms with Gasteiger partial charge in [0, 0.05) is 5.39 Å². The molecule has 1 aliphatic rings. The molecule has 0 aliphatic heterocycles. The van der Waals surface area contributed by atoms with Crippen LogP contribution in [0.1, 0.15) is 25.2 Å². The number of hydrogen-bond acceptors (Lipinski definition) is 5. The lowest BCUT2D eigenvalue weighted by atomic mass is 9.78. The van der Waals surface area contributed by atoms with Crippen molar-refractivity contribution in [2.45, 2.75) is 24.8 Å². The van der Waals surface area contributed by atoms with Crippen molar-refractivity contribution in [3.05, 3.63) is 36.4 Å². The Balaban J connectivity index is 1.80. The molecule has 5 nitrogen and oxygen atoms in total. The van der Waals surface area contributed by atoms with E-state index in [4.69, 9.17) is 14.7 Å². The standard InChI is InChI=1S/C14H13N3O2/c15-14(6-3-7-14)13-16-12(17-19-13)10-8-18-11-5-2-1-4-9(10)11/h1-2,4-5,8H,3,6-7,15H2. The van der Waals surface area contributed by atoms with Gasteiger partial charge in [0.1, 0.15) is 11.8 Å².